The molecule has 4 rings (SSSR count). The van der Waals surface area contributed by atoms with Gasteiger partial charge in [-0.15, -0.1) is 0 Å². The average molecular weight is 408 g/mol. The number of ether oxygens (including phenoxy) is 1. The molecule has 0 atom stereocenters. The fraction of sp³-hybridized carbons (Fsp3) is 0.417. The van der Waals surface area contributed by atoms with E-state index in [0.717, 1.165) is 31.8 Å². The standard InChI is InChI=1S/C24H29N3O3/c1-30-19-9-7-17(8-10-19)23(28)20-3-2-4-21(25)22(20)26-24(29)18-11-13-27(14-12-18)15-16-5-6-16/h2-4,7-10,16,18H,5-6,11-15,25H2,1H3,(H,26,29). The minimum atomic E-state index is -0.181. The molecule has 1 amide bonds. The molecule has 6 nitrogen and oxygen atoms in total. The number of hydrogen-bond acceptors (Lipinski definition) is 5. The van der Waals surface area contributed by atoms with Gasteiger partial charge in [-0.05, 0) is 81.1 Å². The summed E-state index contributed by atoms with van der Waals surface area (Å²) >= 11 is 0. The summed E-state index contributed by atoms with van der Waals surface area (Å²) in [6, 6.07) is 12.1. The molecule has 0 spiro atoms. The van der Waals surface area contributed by atoms with Gasteiger partial charge in [-0.1, -0.05) is 6.07 Å². The lowest BCUT2D eigenvalue weighted by Gasteiger charge is -2.31. The Kier molecular flexibility index (Phi) is 6.04. The maximum Gasteiger partial charge on any atom is 0.227 e. The smallest absolute Gasteiger partial charge is 0.227 e. The van der Waals surface area contributed by atoms with E-state index in [0.29, 0.717) is 28.3 Å². The number of nitrogens with zero attached hydrogens (tertiary/aromatic N) is 1. The van der Waals surface area contributed by atoms with Gasteiger partial charge in [0.2, 0.25) is 5.91 Å². The Bertz CT molecular complexity index is 914. The second-order valence-electron chi connectivity index (χ2n) is 8.33. The topological polar surface area (TPSA) is 84.7 Å². The molecule has 2 aromatic rings. The number of carbonyl (C=O) groups excluding carboxylic acids is 2. The van der Waals surface area contributed by atoms with Crippen LogP contribution < -0.4 is 15.8 Å². The lowest BCUT2D eigenvalue weighted by atomic mass is 9.94. The molecule has 1 saturated carbocycles. The zero-order valence-corrected chi connectivity index (χ0v) is 17.4. The molecule has 0 unspecified atom stereocenters. The molecule has 158 valence electrons. The molecule has 0 aromatic heterocycles. The Labute approximate surface area is 177 Å². The summed E-state index contributed by atoms with van der Waals surface area (Å²) in [5, 5.41) is 2.96. The van der Waals surface area contributed by atoms with Crippen LogP contribution in [0.4, 0.5) is 11.4 Å². The molecule has 1 saturated heterocycles. The monoisotopic (exact) mass is 407 g/mol. The second-order valence-corrected chi connectivity index (χ2v) is 8.33. The SMILES string of the molecule is COc1ccc(C(=O)c2cccc(N)c2NC(=O)C2CCN(CC3CC3)CC2)cc1. The highest BCUT2D eigenvalue weighted by atomic mass is 16.5. The quantitative estimate of drug-likeness (QED) is 0.541. The van der Waals surface area contributed by atoms with Gasteiger partial charge in [0.05, 0.1) is 18.5 Å². The van der Waals surface area contributed by atoms with E-state index in [1.165, 1.54) is 19.4 Å². The number of amides is 1. The van der Waals surface area contributed by atoms with Crippen molar-refractivity contribution in [1.82, 2.24) is 4.90 Å². The third-order valence-corrected chi connectivity index (χ3v) is 6.11. The van der Waals surface area contributed by atoms with Crippen molar-refractivity contribution in [2.24, 2.45) is 11.8 Å². The number of hydrogen-bond donors (Lipinski definition) is 2. The lowest BCUT2D eigenvalue weighted by Crippen LogP contribution is -2.39. The lowest BCUT2D eigenvalue weighted by molar-refractivity contribution is -0.121. The molecule has 2 fully saturated rings. The van der Waals surface area contributed by atoms with Crippen molar-refractivity contribution >= 4 is 23.1 Å². The number of para-hydroxylation sites is 1. The summed E-state index contributed by atoms with van der Waals surface area (Å²) in [6.45, 7) is 3.08. The number of piperidine rings is 1. The summed E-state index contributed by atoms with van der Waals surface area (Å²) in [5.41, 5.74) is 7.87. The van der Waals surface area contributed by atoms with Crippen LogP contribution in [-0.2, 0) is 4.79 Å². The van der Waals surface area contributed by atoms with Crippen molar-refractivity contribution in [3.63, 3.8) is 0 Å². The largest absolute Gasteiger partial charge is 0.497 e. The molecule has 1 aliphatic carbocycles. The van der Waals surface area contributed by atoms with Crippen molar-refractivity contribution < 1.29 is 14.3 Å². The van der Waals surface area contributed by atoms with Crippen LogP contribution in [-0.4, -0.2) is 43.3 Å². The molecule has 1 heterocycles. The van der Waals surface area contributed by atoms with Crippen LogP contribution >= 0.6 is 0 Å². The third kappa shape index (κ3) is 4.65. The fourth-order valence-electron chi connectivity index (χ4n) is 4.07. The summed E-state index contributed by atoms with van der Waals surface area (Å²) in [6.07, 6.45) is 4.37. The summed E-state index contributed by atoms with van der Waals surface area (Å²) in [5.74, 6) is 1.26. The molecule has 0 radical (unpaired) electrons. The van der Waals surface area contributed by atoms with Crippen molar-refractivity contribution in [1.29, 1.82) is 0 Å². The van der Waals surface area contributed by atoms with Crippen LogP contribution in [0.1, 0.15) is 41.6 Å². The van der Waals surface area contributed by atoms with E-state index >= 15 is 0 Å². The second kappa shape index (κ2) is 8.88. The van der Waals surface area contributed by atoms with Crippen LogP contribution in [0.25, 0.3) is 0 Å². The number of methoxy groups -OCH3 is 1. The summed E-state index contributed by atoms with van der Waals surface area (Å²) < 4.78 is 5.16. The Morgan fingerprint density at radius 2 is 1.77 bits per heavy atom. The Morgan fingerprint density at radius 3 is 2.40 bits per heavy atom. The highest BCUT2D eigenvalue weighted by Crippen LogP contribution is 2.32. The molecule has 1 aliphatic heterocycles. The first kappa shape index (κ1) is 20.4. The van der Waals surface area contributed by atoms with Gasteiger partial charge in [0.1, 0.15) is 5.75 Å². The third-order valence-electron chi connectivity index (χ3n) is 6.11. The number of ketones is 1. The number of nitrogens with two attached hydrogens (primary N) is 1. The van der Waals surface area contributed by atoms with E-state index in [1.54, 1.807) is 49.6 Å². The van der Waals surface area contributed by atoms with E-state index in [4.69, 9.17) is 10.5 Å². The zero-order chi connectivity index (χ0) is 21.1. The minimum Gasteiger partial charge on any atom is -0.497 e. The first-order valence-corrected chi connectivity index (χ1v) is 10.7. The number of anilines is 2. The van der Waals surface area contributed by atoms with Crippen LogP contribution in [0.2, 0.25) is 0 Å². The summed E-state index contributed by atoms with van der Waals surface area (Å²) in [7, 11) is 1.58. The van der Waals surface area contributed by atoms with Crippen molar-refractivity contribution in [2.45, 2.75) is 25.7 Å². The maximum atomic E-state index is 13.1. The molecule has 30 heavy (non-hydrogen) atoms. The Morgan fingerprint density at radius 1 is 1.07 bits per heavy atom. The number of benzene rings is 2. The van der Waals surface area contributed by atoms with Gasteiger partial charge in [-0.25, -0.2) is 0 Å². The van der Waals surface area contributed by atoms with E-state index < -0.39 is 0 Å². The molecule has 2 aromatic carbocycles. The zero-order valence-electron chi connectivity index (χ0n) is 17.4. The van der Waals surface area contributed by atoms with E-state index in [1.807, 2.05) is 0 Å². The van der Waals surface area contributed by atoms with Gasteiger partial charge in [-0.3, -0.25) is 9.59 Å². The number of rotatable bonds is 7. The fourth-order valence-corrected chi connectivity index (χ4v) is 4.07. The van der Waals surface area contributed by atoms with Gasteiger partial charge in [0.15, 0.2) is 5.78 Å². The van der Waals surface area contributed by atoms with Gasteiger partial charge >= 0.3 is 0 Å². The van der Waals surface area contributed by atoms with Crippen LogP contribution in [0.15, 0.2) is 42.5 Å². The molecular weight excluding hydrogens is 378 g/mol. The minimum absolute atomic E-state index is 0.0519. The number of nitrogens with one attached hydrogen (secondary N) is 1. The van der Waals surface area contributed by atoms with Crippen LogP contribution in [0.3, 0.4) is 0 Å². The van der Waals surface area contributed by atoms with Gasteiger partial charge < -0.3 is 20.7 Å². The first-order chi connectivity index (χ1) is 14.5. The van der Waals surface area contributed by atoms with Crippen LogP contribution in [0.5, 0.6) is 5.75 Å². The van der Waals surface area contributed by atoms with Gasteiger partial charge in [-0.2, -0.15) is 0 Å². The number of likely N-dealkylation sites (tertiary alicyclic amines) is 1. The Balaban J connectivity index is 1.46. The van der Waals surface area contributed by atoms with Crippen molar-refractivity contribution in [3.05, 3.63) is 53.6 Å². The van der Waals surface area contributed by atoms with Crippen molar-refractivity contribution in [2.75, 3.05) is 37.8 Å². The average Bonchev–Trinajstić information content (AvgIpc) is 3.59. The number of nitrogen functional groups attached to an aromatic ring is 1. The van der Waals surface area contributed by atoms with E-state index in [2.05, 4.69) is 10.2 Å². The molecule has 0 bridgehead atoms. The molecule has 6 heteroatoms. The Hall–Kier alpha value is -2.86. The maximum absolute atomic E-state index is 13.1. The highest BCUT2D eigenvalue weighted by Gasteiger charge is 2.30. The highest BCUT2D eigenvalue weighted by molar-refractivity contribution is 6.15. The van der Waals surface area contributed by atoms with E-state index in [-0.39, 0.29) is 17.6 Å². The summed E-state index contributed by atoms with van der Waals surface area (Å²) in [4.78, 5) is 28.5. The normalized spacial score (nSPS) is 17.5. The van der Waals surface area contributed by atoms with E-state index in [9.17, 15) is 9.59 Å². The van der Waals surface area contributed by atoms with Crippen LogP contribution in [0, 0.1) is 11.8 Å². The van der Waals surface area contributed by atoms with Gasteiger partial charge in [0, 0.05) is 23.6 Å². The molecular formula is C24H29N3O3. The molecule has 2 aliphatic rings. The molecule has 3 N–H and O–H groups in total. The van der Waals surface area contributed by atoms with Crippen molar-refractivity contribution in [3.8, 4) is 5.75 Å². The predicted molar refractivity (Wildman–Crippen MR) is 118 cm³/mol. The van der Waals surface area contributed by atoms with Gasteiger partial charge in [0.25, 0.3) is 0 Å². The predicted octanol–water partition coefficient (Wildman–Crippen LogP) is 3.57. The first-order valence-electron chi connectivity index (χ1n) is 10.7. The number of carbonyl (C=O) groups is 2.